The average molecular weight is 433 g/mol. The van der Waals surface area contributed by atoms with E-state index in [-0.39, 0.29) is 24.0 Å². The largest absolute Gasteiger partial charge is 0.352 e. The van der Waals surface area contributed by atoms with Crippen molar-refractivity contribution in [3.05, 3.63) is 17.0 Å². The zero-order valence-electron chi connectivity index (χ0n) is 15.4. The van der Waals surface area contributed by atoms with Crippen molar-refractivity contribution in [2.45, 2.75) is 47.1 Å². The van der Waals surface area contributed by atoms with Gasteiger partial charge in [-0.25, -0.2) is 0 Å². The first-order chi connectivity index (χ1) is 10.4. The van der Waals surface area contributed by atoms with Crippen LogP contribution in [-0.2, 0) is 13.6 Å². The molecular formula is C17H32IN5. The first kappa shape index (κ1) is 20.3. The third-order valence-electron chi connectivity index (χ3n) is 4.68. The van der Waals surface area contributed by atoms with E-state index in [0.717, 1.165) is 43.1 Å². The standard InChI is InChI=1S/C17H31N5.HI/c1-12(2)9-15-7-8-22(11-15)17(18-5)19-10-16-13(3)20-21(6)14(16)4;/h12,15H,7-11H2,1-6H3,(H,18,19);1H. The molecule has 1 atom stereocenters. The fourth-order valence-electron chi connectivity index (χ4n) is 3.46. The summed E-state index contributed by atoms with van der Waals surface area (Å²) < 4.78 is 1.95. The lowest BCUT2D eigenvalue weighted by Crippen LogP contribution is -2.39. The summed E-state index contributed by atoms with van der Waals surface area (Å²) in [5, 5.41) is 8.00. The van der Waals surface area contributed by atoms with Crippen molar-refractivity contribution in [1.82, 2.24) is 20.0 Å². The minimum Gasteiger partial charge on any atom is -0.352 e. The number of hydrogen-bond donors (Lipinski definition) is 1. The fraction of sp³-hybridized carbons (Fsp3) is 0.765. The van der Waals surface area contributed by atoms with Crippen LogP contribution in [0.5, 0.6) is 0 Å². The summed E-state index contributed by atoms with van der Waals surface area (Å²) in [4.78, 5) is 6.87. The molecule has 1 aliphatic heterocycles. The number of nitrogens with one attached hydrogen (secondary N) is 1. The third-order valence-corrected chi connectivity index (χ3v) is 4.68. The van der Waals surface area contributed by atoms with Crippen LogP contribution in [0, 0.1) is 25.7 Å². The lowest BCUT2D eigenvalue weighted by atomic mass is 9.97. The van der Waals surface area contributed by atoms with E-state index >= 15 is 0 Å². The Balaban J connectivity index is 0.00000264. The van der Waals surface area contributed by atoms with Gasteiger partial charge in [0.2, 0.25) is 0 Å². The van der Waals surface area contributed by atoms with Gasteiger partial charge in [0.25, 0.3) is 0 Å². The molecule has 0 aliphatic carbocycles. The molecule has 5 nitrogen and oxygen atoms in total. The summed E-state index contributed by atoms with van der Waals surface area (Å²) in [7, 11) is 3.87. The third kappa shape index (κ3) is 5.09. The van der Waals surface area contributed by atoms with Crippen LogP contribution in [-0.4, -0.2) is 40.8 Å². The zero-order chi connectivity index (χ0) is 16.3. The molecule has 1 aromatic heterocycles. The molecule has 0 aromatic carbocycles. The Morgan fingerprint density at radius 2 is 2.09 bits per heavy atom. The molecule has 23 heavy (non-hydrogen) atoms. The maximum absolute atomic E-state index is 4.48. The van der Waals surface area contributed by atoms with Crippen molar-refractivity contribution in [2.75, 3.05) is 20.1 Å². The van der Waals surface area contributed by atoms with Crippen molar-refractivity contribution in [3.63, 3.8) is 0 Å². The molecule has 1 saturated heterocycles. The molecule has 2 rings (SSSR count). The van der Waals surface area contributed by atoms with Crippen LogP contribution in [0.3, 0.4) is 0 Å². The van der Waals surface area contributed by atoms with Crippen LogP contribution in [0.4, 0.5) is 0 Å². The number of aryl methyl sites for hydroxylation is 2. The Morgan fingerprint density at radius 1 is 1.39 bits per heavy atom. The smallest absolute Gasteiger partial charge is 0.193 e. The van der Waals surface area contributed by atoms with Gasteiger partial charge >= 0.3 is 0 Å². The highest BCUT2D eigenvalue weighted by atomic mass is 127. The first-order valence-corrected chi connectivity index (χ1v) is 8.37. The average Bonchev–Trinajstić information content (AvgIpc) is 2.98. The van der Waals surface area contributed by atoms with E-state index < -0.39 is 0 Å². The van der Waals surface area contributed by atoms with Gasteiger partial charge in [-0.15, -0.1) is 24.0 Å². The summed E-state index contributed by atoms with van der Waals surface area (Å²) in [5.41, 5.74) is 3.60. The Labute approximate surface area is 157 Å². The molecule has 1 aliphatic rings. The number of likely N-dealkylation sites (tertiary alicyclic amines) is 1. The molecule has 1 unspecified atom stereocenters. The Kier molecular flexibility index (Phi) is 7.83. The van der Waals surface area contributed by atoms with Crippen LogP contribution in [0.2, 0.25) is 0 Å². The maximum Gasteiger partial charge on any atom is 0.193 e. The van der Waals surface area contributed by atoms with Crippen molar-refractivity contribution >= 4 is 29.9 Å². The molecule has 132 valence electrons. The second kappa shape index (κ2) is 8.89. The summed E-state index contributed by atoms with van der Waals surface area (Å²) in [6.45, 7) is 11.8. The summed E-state index contributed by atoms with van der Waals surface area (Å²) in [5.74, 6) is 2.61. The van der Waals surface area contributed by atoms with Gasteiger partial charge in [-0.3, -0.25) is 9.67 Å². The van der Waals surface area contributed by atoms with E-state index in [9.17, 15) is 0 Å². The number of aromatic nitrogens is 2. The molecule has 6 heteroatoms. The van der Waals surface area contributed by atoms with Gasteiger partial charge < -0.3 is 10.2 Å². The number of hydrogen-bond acceptors (Lipinski definition) is 2. The molecule has 2 heterocycles. The molecule has 0 radical (unpaired) electrons. The van der Waals surface area contributed by atoms with E-state index in [1.165, 1.54) is 24.1 Å². The number of guanidine groups is 1. The van der Waals surface area contributed by atoms with Crippen LogP contribution < -0.4 is 5.32 Å². The van der Waals surface area contributed by atoms with Crippen molar-refractivity contribution in [3.8, 4) is 0 Å². The monoisotopic (exact) mass is 433 g/mol. The van der Waals surface area contributed by atoms with E-state index in [2.05, 4.69) is 48.0 Å². The van der Waals surface area contributed by atoms with E-state index in [1.54, 1.807) is 0 Å². The van der Waals surface area contributed by atoms with E-state index in [1.807, 2.05) is 18.8 Å². The van der Waals surface area contributed by atoms with Gasteiger partial charge in [0.05, 0.1) is 5.69 Å². The normalized spacial score (nSPS) is 18.5. The topological polar surface area (TPSA) is 45.5 Å². The first-order valence-electron chi connectivity index (χ1n) is 8.37. The highest BCUT2D eigenvalue weighted by Crippen LogP contribution is 2.23. The zero-order valence-corrected chi connectivity index (χ0v) is 17.7. The van der Waals surface area contributed by atoms with Gasteiger partial charge in [-0.05, 0) is 38.5 Å². The van der Waals surface area contributed by atoms with E-state index in [0.29, 0.717) is 0 Å². The minimum atomic E-state index is 0. The van der Waals surface area contributed by atoms with Gasteiger partial charge in [0.15, 0.2) is 5.96 Å². The summed E-state index contributed by atoms with van der Waals surface area (Å²) >= 11 is 0. The lowest BCUT2D eigenvalue weighted by Gasteiger charge is -2.22. The molecule has 0 amide bonds. The maximum atomic E-state index is 4.48. The second-order valence-electron chi connectivity index (χ2n) is 6.90. The quantitative estimate of drug-likeness (QED) is 0.451. The molecule has 0 spiro atoms. The number of aliphatic imine (C=N–C) groups is 1. The van der Waals surface area contributed by atoms with Crippen LogP contribution in [0.1, 0.15) is 43.6 Å². The summed E-state index contributed by atoms with van der Waals surface area (Å²) in [6, 6.07) is 0. The summed E-state index contributed by atoms with van der Waals surface area (Å²) in [6.07, 6.45) is 2.60. The van der Waals surface area contributed by atoms with Gasteiger partial charge in [0, 0.05) is 45.0 Å². The minimum absolute atomic E-state index is 0. The van der Waals surface area contributed by atoms with Crippen LogP contribution in [0.15, 0.2) is 4.99 Å². The highest BCUT2D eigenvalue weighted by molar-refractivity contribution is 14.0. The second-order valence-corrected chi connectivity index (χ2v) is 6.90. The number of rotatable bonds is 4. The van der Waals surface area contributed by atoms with Crippen LogP contribution in [0.25, 0.3) is 0 Å². The highest BCUT2D eigenvalue weighted by Gasteiger charge is 2.25. The molecule has 0 saturated carbocycles. The molecule has 1 fully saturated rings. The Bertz CT molecular complexity index is 535. The molecule has 1 N–H and O–H groups in total. The molecular weight excluding hydrogens is 401 g/mol. The molecule has 1 aromatic rings. The van der Waals surface area contributed by atoms with Crippen molar-refractivity contribution in [1.29, 1.82) is 0 Å². The van der Waals surface area contributed by atoms with E-state index in [4.69, 9.17) is 0 Å². The molecule has 0 bridgehead atoms. The predicted octanol–water partition coefficient (Wildman–Crippen LogP) is 3.10. The van der Waals surface area contributed by atoms with Crippen molar-refractivity contribution in [2.24, 2.45) is 23.9 Å². The van der Waals surface area contributed by atoms with Gasteiger partial charge in [-0.1, -0.05) is 13.8 Å². The number of nitrogens with zero attached hydrogens (tertiary/aromatic N) is 4. The predicted molar refractivity (Wildman–Crippen MR) is 107 cm³/mol. The van der Waals surface area contributed by atoms with Crippen LogP contribution >= 0.6 is 24.0 Å². The van der Waals surface area contributed by atoms with Gasteiger partial charge in [-0.2, -0.15) is 5.10 Å². The van der Waals surface area contributed by atoms with Crippen molar-refractivity contribution < 1.29 is 0 Å². The fourth-order valence-corrected chi connectivity index (χ4v) is 3.46. The van der Waals surface area contributed by atoms with Gasteiger partial charge in [0.1, 0.15) is 0 Å². The lowest BCUT2D eigenvalue weighted by molar-refractivity contribution is 0.403. The SMILES string of the molecule is CN=C(NCc1c(C)nn(C)c1C)N1CCC(CC(C)C)C1.I. The Morgan fingerprint density at radius 3 is 2.61 bits per heavy atom. The Hall–Kier alpha value is -0.790. The number of halogens is 1.